The maximum Gasteiger partial charge on any atom is 0.511 e. The maximum absolute atomic E-state index is 12.7. The highest BCUT2D eigenvalue weighted by atomic mass is 16.8. The Bertz CT molecular complexity index is 730. The molecule has 1 fully saturated rings. The van der Waals surface area contributed by atoms with Gasteiger partial charge in [0.05, 0.1) is 23.5 Å². The van der Waals surface area contributed by atoms with Crippen LogP contribution in [0.3, 0.4) is 0 Å². The van der Waals surface area contributed by atoms with Crippen molar-refractivity contribution >= 4 is 23.5 Å². The van der Waals surface area contributed by atoms with Crippen molar-refractivity contribution in [3.8, 4) is 0 Å². The van der Waals surface area contributed by atoms with Crippen LogP contribution in [0.25, 0.3) is 0 Å². The van der Waals surface area contributed by atoms with Crippen LogP contribution in [0.1, 0.15) is 56.3 Å². The molecule has 2 N–H and O–H groups in total. The monoisotopic (exact) mass is 406 g/mol. The standard InChI is InChI=1S/C21H30N2O6/c1-5-26-14(2)23(4)19-17(12-9-13-18(19)22)20(24)27-15(3)28-21(25)29-16-10-7-6-8-11-16/h9,12-13,15-16H,2,5-8,10-11,22H2,1,3-4H3. The molecule has 29 heavy (non-hydrogen) atoms. The van der Waals surface area contributed by atoms with E-state index >= 15 is 0 Å². The number of benzene rings is 1. The van der Waals surface area contributed by atoms with Crippen LogP contribution in [-0.2, 0) is 18.9 Å². The van der Waals surface area contributed by atoms with Crippen molar-refractivity contribution < 1.29 is 28.5 Å². The molecule has 0 amide bonds. The van der Waals surface area contributed by atoms with Crippen LogP contribution in [0.5, 0.6) is 0 Å². The Labute approximate surface area is 171 Å². The number of hydrogen-bond acceptors (Lipinski definition) is 8. The lowest BCUT2D eigenvalue weighted by molar-refractivity contribution is -0.0914. The first-order valence-electron chi connectivity index (χ1n) is 9.85. The van der Waals surface area contributed by atoms with Gasteiger partial charge in [-0.25, -0.2) is 9.59 Å². The number of nitrogen functional groups attached to an aromatic ring is 1. The van der Waals surface area contributed by atoms with Crippen LogP contribution in [0.2, 0.25) is 0 Å². The number of nitrogens with zero attached hydrogens (tertiary/aromatic N) is 1. The van der Waals surface area contributed by atoms with E-state index in [0.717, 1.165) is 32.1 Å². The molecule has 0 saturated heterocycles. The lowest BCUT2D eigenvalue weighted by Crippen LogP contribution is -2.27. The van der Waals surface area contributed by atoms with Crippen molar-refractivity contribution in [2.75, 3.05) is 24.3 Å². The van der Waals surface area contributed by atoms with Crippen LogP contribution >= 0.6 is 0 Å². The zero-order valence-electron chi connectivity index (χ0n) is 17.3. The number of ether oxygens (including phenoxy) is 4. The predicted octanol–water partition coefficient (Wildman–Crippen LogP) is 4.20. The summed E-state index contributed by atoms with van der Waals surface area (Å²) in [5.74, 6) is -0.360. The molecule has 1 aliphatic carbocycles. The molecule has 0 spiro atoms. The minimum absolute atomic E-state index is 0.141. The van der Waals surface area contributed by atoms with Crippen LogP contribution < -0.4 is 10.6 Å². The van der Waals surface area contributed by atoms with E-state index in [0.29, 0.717) is 23.9 Å². The zero-order valence-corrected chi connectivity index (χ0v) is 17.3. The molecule has 0 bridgehead atoms. The summed E-state index contributed by atoms with van der Waals surface area (Å²) in [6, 6.07) is 4.86. The number of carbonyl (C=O) groups excluding carboxylic acids is 2. The predicted molar refractivity (Wildman–Crippen MR) is 109 cm³/mol. The summed E-state index contributed by atoms with van der Waals surface area (Å²) in [6.45, 7) is 7.53. The normalized spacial score (nSPS) is 15.1. The third-order valence-corrected chi connectivity index (χ3v) is 4.66. The van der Waals surface area contributed by atoms with Gasteiger partial charge in [-0.05, 0) is 51.3 Å². The molecule has 1 saturated carbocycles. The Morgan fingerprint density at radius 3 is 2.59 bits per heavy atom. The average molecular weight is 406 g/mol. The second kappa shape index (κ2) is 10.6. The van der Waals surface area contributed by atoms with Crippen LogP contribution in [-0.4, -0.2) is 38.2 Å². The summed E-state index contributed by atoms with van der Waals surface area (Å²) in [5, 5.41) is 0. The van der Waals surface area contributed by atoms with Crippen molar-refractivity contribution in [3.05, 3.63) is 36.2 Å². The number of anilines is 2. The summed E-state index contributed by atoms with van der Waals surface area (Å²) in [5.41, 5.74) is 7.01. The second-order valence-corrected chi connectivity index (χ2v) is 6.85. The summed E-state index contributed by atoms with van der Waals surface area (Å²) in [6.07, 6.45) is 2.76. The van der Waals surface area contributed by atoms with E-state index in [-0.39, 0.29) is 11.7 Å². The summed E-state index contributed by atoms with van der Waals surface area (Å²) >= 11 is 0. The fourth-order valence-corrected chi connectivity index (χ4v) is 3.21. The third-order valence-electron chi connectivity index (χ3n) is 4.66. The van der Waals surface area contributed by atoms with Crippen molar-refractivity contribution in [2.45, 2.75) is 58.3 Å². The lowest BCUT2D eigenvalue weighted by Gasteiger charge is -2.25. The molecule has 2 rings (SSSR count). The molecule has 0 heterocycles. The Hall–Kier alpha value is -2.90. The van der Waals surface area contributed by atoms with Crippen LogP contribution in [0.15, 0.2) is 30.7 Å². The maximum atomic E-state index is 12.7. The molecule has 8 heteroatoms. The molecular weight excluding hydrogens is 376 g/mol. The van der Waals surface area contributed by atoms with E-state index in [2.05, 4.69) is 6.58 Å². The average Bonchev–Trinajstić information content (AvgIpc) is 2.67. The van der Waals surface area contributed by atoms with Gasteiger partial charge < -0.3 is 29.6 Å². The van der Waals surface area contributed by atoms with Gasteiger partial charge in [-0.15, -0.1) is 0 Å². The molecule has 1 unspecified atom stereocenters. The first kappa shape index (κ1) is 22.4. The molecular formula is C21H30N2O6. The summed E-state index contributed by atoms with van der Waals surface area (Å²) in [4.78, 5) is 26.2. The highest BCUT2D eigenvalue weighted by molar-refractivity contribution is 5.99. The van der Waals surface area contributed by atoms with Crippen molar-refractivity contribution in [2.24, 2.45) is 0 Å². The number of nitrogens with two attached hydrogens (primary N) is 1. The highest BCUT2D eigenvalue weighted by Crippen LogP contribution is 2.30. The molecule has 0 radical (unpaired) electrons. The first-order valence-corrected chi connectivity index (χ1v) is 9.85. The SMILES string of the molecule is C=C(OCC)N(C)c1c(N)cccc1C(=O)OC(C)OC(=O)OC1CCCCC1. The third kappa shape index (κ3) is 6.30. The Kier molecular flexibility index (Phi) is 8.18. The van der Waals surface area contributed by atoms with Gasteiger partial charge in [-0.2, -0.15) is 0 Å². The Morgan fingerprint density at radius 1 is 1.24 bits per heavy atom. The molecule has 1 aromatic carbocycles. The van der Waals surface area contributed by atoms with E-state index in [4.69, 9.17) is 24.7 Å². The van der Waals surface area contributed by atoms with E-state index < -0.39 is 18.4 Å². The molecule has 1 aromatic rings. The minimum Gasteiger partial charge on any atom is -0.480 e. The number of carbonyl (C=O) groups is 2. The van der Waals surface area contributed by atoms with Crippen LogP contribution in [0, 0.1) is 0 Å². The number of esters is 1. The van der Waals surface area contributed by atoms with E-state index in [1.807, 2.05) is 6.92 Å². The van der Waals surface area contributed by atoms with Gasteiger partial charge in [0.1, 0.15) is 6.10 Å². The number of hydrogen-bond donors (Lipinski definition) is 1. The molecule has 1 aliphatic rings. The van der Waals surface area contributed by atoms with E-state index in [1.54, 1.807) is 30.1 Å². The zero-order chi connectivity index (χ0) is 21.4. The molecule has 160 valence electrons. The van der Waals surface area contributed by atoms with Gasteiger partial charge in [0, 0.05) is 14.0 Å². The van der Waals surface area contributed by atoms with Crippen molar-refractivity contribution in [1.29, 1.82) is 0 Å². The quantitative estimate of drug-likeness (QED) is 0.297. The van der Waals surface area contributed by atoms with Gasteiger partial charge in [0.25, 0.3) is 0 Å². The van der Waals surface area contributed by atoms with E-state index in [1.165, 1.54) is 6.92 Å². The smallest absolute Gasteiger partial charge is 0.480 e. The largest absolute Gasteiger partial charge is 0.511 e. The fourth-order valence-electron chi connectivity index (χ4n) is 3.21. The molecule has 1 atom stereocenters. The highest BCUT2D eigenvalue weighted by Gasteiger charge is 2.25. The number of rotatable bonds is 8. The van der Waals surface area contributed by atoms with Crippen molar-refractivity contribution in [1.82, 2.24) is 0 Å². The van der Waals surface area contributed by atoms with Gasteiger partial charge in [-0.3, -0.25) is 0 Å². The Morgan fingerprint density at radius 2 is 1.93 bits per heavy atom. The van der Waals surface area contributed by atoms with Gasteiger partial charge in [0.15, 0.2) is 5.88 Å². The molecule has 8 nitrogen and oxygen atoms in total. The second-order valence-electron chi connectivity index (χ2n) is 6.85. The summed E-state index contributed by atoms with van der Waals surface area (Å²) < 4.78 is 21.0. The van der Waals surface area contributed by atoms with Gasteiger partial charge in [-0.1, -0.05) is 12.5 Å². The van der Waals surface area contributed by atoms with E-state index in [9.17, 15) is 9.59 Å². The topological polar surface area (TPSA) is 100 Å². The van der Waals surface area contributed by atoms with Crippen LogP contribution in [0.4, 0.5) is 16.2 Å². The van der Waals surface area contributed by atoms with Gasteiger partial charge >= 0.3 is 12.1 Å². The first-order chi connectivity index (χ1) is 13.8. The molecule has 0 aliphatic heterocycles. The minimum atomic E-state index is -1.12. The Balaban J connectivity index is 2.01. The molecule has 0 aromatic heterocycles. The fraction of sp³-hybridized carbons (Fsp3) is 0.524. The number of para-hydroxylation sites is 1. The summed E-state index contributed by atoms with van der Waals surface area (Å²) in [7, 11) is 1.68. The van der Waals surface area contributed by atoms with Crippen molar-refractivity contribution in [3.63, 3.8) is 0 Å². The lowest BCUT2D eigenvalue weighted by atomic mass is 9.98. The van der Waals surface area contributed by atoms with Gasteiger partial charge in [0.2, 0.25) is 6.29 Å².